The Bertz CT molecular complexity index is 699. The van der Waals surface area contributed by atoms with Gasteiger partial charge in [0, 0.05) is 19.2 Å². The van der Waals surface area contributed by atoms with Crippen LogP contribution in [0.1, 0.15) is 12.8 Å². The highest BCUT2D eigenvalue weighted by atomic mass is 32.2. The van der Waals surface area contributed by atoms with Crippen molar-refractivity contribution in [2.75, 3.05) is 19.4 Å². The van der Waals surface area contributed by atoms with Crippen LogP contribution in [0, 0.1) is 5.82 Å². The van der Waals surface area contributed by atoms with E-state index >= 15 is 0 Å². The van der Waals surface area contributed by atoms with Crippen LogP contribution in [0.25, 0.3) is 11.4 Å². The normalized spacial score (nSPS) is 17.2. The molecule has 3 rings (SSSR count). The molecule has 1 saturated heterocycles. The first-order valence-corrected chi connectivity index (χ1v) is 8.80. The van der Waals surface area contributed by atoms with E-state index in [0.717, 1.165) is 25.0 Å². The van der Waals surface area contributed by atoms with Crippen molar-refractivity contribution in [1.82, 2.24) is 20.1 Å². The monoisotopic (exact) mass is 350 g/mol. The summed E-state index contributed by atoms with van der Waals surface area (Å²) in [5.41, 5.74) is 0.786. The SMILES string of the molecule is CNC(=O)CSc1nnc(-c2ccc(F)cc2)n1C[C@@H]1CCCO1. The lowest BCUT2D eigenvalue weighted by molar-refractivity contribution is -0.118. The van der Waals surface area contributed by atoms with Crippen molar-refractivity contribution in [3.05, 3.63) is 30.1 Å². The number of rotatable bonds is 6. The van der Waals surface area contributed by atoms with Gasteiger partial charge in [-0.1, -0.05) is 11.8 Å². The van der Waals surface area contributed by atoms with Crippen LogP contribution < -0.4 is 5.32 Å². The second-order valence-corrected chi connectivity index (χ2v) is 6.46. The maximum absolute atomic E-state index is 13.2. The van der Waals surface area contributed by atoms with Crippen molar-refractivity contribution >= 4 is 17.7 Å². The summed E-state index contributed by atoms with van der Waals surface area (Å²) in [6.07, 6.45) is 2.14. The fraction of sp³-hybridized carbons (Fsp3) is 0.438. The average Bonchev–Trinajstić information content (AvgIpc) is 3.24. The van der Waals surface area contributed by atoms with Gasteiger partial charge in [-0.3, -0.25) is 9.36 Å². The molecule has 6 nitrogen and oxygen atoms in total. The summed E-state index contributed by atoms with van der Waals surface area (Å²) < 4.78 is 20.8. The molecule has 1 N–H and O–H groups in total. The molecule has 0 spiro atoms. The van der Waals surface area contributed by atoms with E-state index in [4.69, 9.17) is 4.74 Å². The number of carbonyl (C=O) groups is 1. The van der Waals surface area contributed by atoms with Crippen molar-refractivity contribution < 1.29 is 13.9 Å². The molecule has 1 amide bonds. The molecule has 2 heterocycles. The molecule has 1 aromatic carbocycles. The van der Waals surface area contributed by atoms with Crippen LogP contribution in [0.15, 0.2) is 29.4 Å². The smallest absolute Gasteiger partial charge is 0.230 e. The first-order valence-electron chi connectivity index (χ1n) is 7.81. The number of nitrogens with one attached hydrogen (secondary N) is 1. The predicted octanol–water partition coefficient (Wildman–Crippen LogP) is 2.10. The quantitative estimate of drug-likeness (QED) is 0.808. The third kappa shape index (κ3) is 3.93. The van der Waals surface area contributed by atoms with E-state index in [1.807, 2.05) is 4.57 Å². The molecule has 1 aromatic heterocycles. The van der Waals surface area contributed by atoms with E-state index in [0.29, 0.717) is 17.5 Å². The summed E-state index contributed by atoms with van der Waals surface area (Å²) in [7, 11) is 1.60. The zero-order valence-corrected chi connectivity index (χ0v) is 14.2. The molecule has 128 valence electrons. The van der Waals surface area contributed by atoms with E-state index < -0.39 is 0 Å². The molecule has 1 aliphatic heterocycles. The standard InChI is InChI=1S/C16H19FN4O2S/c1-18-14(22)10-24-16-20-19-15(11-4-6-12(17)7-5-11)21(16)9-13-3-2-8-23-13/h4-7,13H,2-3,8-10H2,1H3,(H,18,22)/t13-/m0/s1. The summed E-state index contributed by atoms with van der Waals surface area (Å²) in [5, 5.41) is 11.7. The molecule has 0 saturated carbocycles. The number of aromatic nitrogens is 3. The van der Waals surface area contributed by atoms with Gasteiger partial charge in [-0.15, -0.1) is 10.2 Å². The van der Waals surface area contributed by atoms with Gasteiger partial charge in [0.2, 0.25) is 5.91 Å². The van der Waals surface area contributed by atoms with Crippen molar-refractivity contribution in [2.45, 2.75) is 30.6 Å². The van der Waals surface area contributed by atoms with Gasteiger partial charge in [-0.05, 0) is 37.1 Å². The average molecular weight is 350 g/mol. The zero-order chi connectivity index (χ0) is 16.9. The Morgan fingerprint density at radius 1 is 1.42 bits per heavy atom. The highest BCUT2D eigenvalue weighted by molar-refractivity contribution is 7.99. The Hall–Kier alpha value is -1.93. The highest BCUT2D eigenvalue weighted by Gasteiger charge is 2.22. The summed E-state index contributed by atoms with van der Waals surface area (Å²) in [6, 6.07) is 6.16. The fourth-order valence-corrected chi connectivity index (χ4v) is 3.39. The maximum Gasteiger partial charge on any atom is 0.230 e. The van der Waals surface area contributed by atoms with Crippen LogP contribution in [0.4, 0.5) is 4.39 Å². The minimum atomic E-state index is -0.293. The van der Waals surface area contributed by atoms with Gasteiger partial charge in [0.25, 0.3) is 0 Å². The molecule has 1 atom stereocenters. The first kappa shape index (κ1) is 16.9. The minimum absolute atomic E-state index is 0.0741. The van der Waals surface area contributed by atoms with E-state index in [1.165, 1.54) is 23.9 Å². The molecule has 8 heteroatoms. The first-order chi connectivity index (χ1) is 11.7. The number of hydrogen-bond acceptors (Lipinski definition) is 5. The van der Waals surface area contributed by atoms with Crippen molar-refractivity contribution in [3.63, 3.8) is 0 Å². The van der Waals surface area contributed by atoms with Crippen molar-refractivity contribution in [3.8, 4) is 11.4 Å². The third-order valence-corrected chi connectivity index (χ3v) is 4.81. The number of hydrogen-bond donors (Lipinski definition) is 1. The Labute approximate surface area is 143 Å². The number of thioether (sulfide) groups is 1. The number of benzene rings is 1. The van der Waals surface area contributed by atoms with Crippen LogP contribution in [0.5, 0.6) is 0 Å². The zero-order valence-electron chi connectivity index (χ0n) is 13.4. The topological polar surface area (TPSA) is 69.0 Å². The lowest BCUT2D eigenvalue weighted by atomic mass is 10.2. The lowest BCUT2D eigenvalue weighted by Gasteiger charge is -2.14. The predicted molar refractivity (Wildman–Crippen MR) is 89.2 cm³/mol. The second kappa shape index (κ2) is 7.76. The minimum Gasteiger partial charge on any atom is -0.376 e. The molecule has 0 aliphatic carbocycles. The van der Waals surface area contributed by atoms with Gasteiger partial charge in [-0.25, -0.2) is 4.39 Å². The van der Waals surface area contributed by atoms with Crippen molar-refractivity contribution in [2.24, 2.45) is 0 Å². The molecule has 1 fully saturated rings. The van der Waals surface area contributed by atoms with Crippen LogP contribution in [0.2, 0.25) is 0 Å². The van der Waals surface area contributed by atoms with Crippen LogP contribution in [0.3, 0.4) is 0 Å². The molecule has 0 unspecified atom stereocenters. The van der Waals surface area contributed by atoms with E-state index in [9.17, 15) is 9.18 Å². The van der Waals surface area contributed by atoms with Gasteiger partial charge in [0.05, 0.1) is 18.4 Å². The number of carbonyl (C=O) groups excluding carboxylic acids is 1. The largest absolute Gasteiger partial charge is 0.376 e. The van der Waals surface area contributed by atoms with Gasteiger partial charge in [0.1, 0.15) is 5.82 Å². The Morgan fingerprint density at radius 2 is 2.21 bits per heavy atom. The fourth-order valence-electron chi connectivity index (χ4n) is 2.57. The molecule has 1 aliphatic rings. The Balaban J connectivity index is 1.87. The van der Waals surface area contributed by atoms with Crippen LogP contribution in [-0.2, 0) is 16.1 Å². The number of nitrogens with zero attached hydrogens (tertiary/aromatic N) is 3. The third-order valence-electron chi connectivity index (χ3n) is 3.84. The van der Waals surface area contributed by atoms with Crippen LogP contribution in [-0.4, -0.2) is 46.2 Å². The number of halogens is 1. The van der Waals surface area contributed by atoms with Gasteiger partial charge < -0.3 is 10.1 Å². The molecule has 0 radical (unpaired) electrons. The van der Waals surface area contributed by atoms with Crippen LogP contribution >= 0.6 is 11.8 Å². The molecule has 2 aromatic rings. The van der Waals surface area contributed by atoms with Gasteiger partial charge in [0.15, 0.2) is 11.0 Å². The van der Waals surface area contributed by atoms with Crippen molar-refractivity contribution in [1.29, 1.82) is 0 Å². The lowest BCUT2D eigenvalue weighted by Crippen LogP contribution is -2.21. The highest BCUT2D eigenvalue weighted by Crippen LogP contribution is 2.26. The van der Waals surface area contributed by atoms with E-state index in [2.05, 4.69) is 15.5 Å². The molecule has 24 heavy (non-hydrogen) atoms. The molecular formula is C16H19FN4O2S. The van der Waals surface area contributed by atoms with Gasteiger partial charge in [-0.2, -0.15) is 0 Å². The Morgan fingerprint density at radius 3 is 2.88 bits per heavy atom. The molecular weight excluding hydrogens is 331 g/mol. The number of ether oxygens (including phenoxy) is 1. The molecule has 0 bridgehead atoms. The number of amides is 1. The Kier molecular flexibility index (Phi) is 5.47. The summed E-state index contributed by atoms with van der Waals surface area (Å²) in [5.74, 6) is 0.557. The second-order valence-electron chi connectivity index (χ2n) is 5.52. The van der Waals surface area contributed by atoms with Gasteiger partial charge >= 0.3 is 0 Å². The van der Waals surface area contributed by atoms with E-state index in [1.54, 1.807) is 19.2 Å². The maximum atomic E-state index is 13.2. The summed E-state index contributed by atoms with van der Waals surface area (Å²) >= 11 is 1.33. The summed E-state index contributed by atoms with van der Waals surface area (Å²) in [4.78, 5) is 11.5. The summed E-state index contributed by atoms with van der Waals surface area (Å²) in [6.45, 7) is 1.38. The van der Waals surface area contributed by atoms with E-state index in [-0.39, 0.29) is 23.6 Å².